The second-order valence-electron chi connectivity index (χ2n) is 7.73. The van der Waals surface area contributed by atoms with Crippen LogP contribution in [0, 0.1) is 0 Å². The summed E-state index contributed by atoms with van der Waals surface area (Å²) in [5.41, 5.74) is 16.7. The molecule has 4 rings (SSSR count). The zero-order valence-corrected chi connectivity index (χ0v) is 17.6. The van der Waals surface area contributed by atoms with E-state index in [0.29, 0.717) is 22.8 Å². The highest BCUT2D eigenvalue weighted by molar-refractivity contribution is 6.07. The van der Waals surface area contributed by atoms with E-state index in [1.54, 1.807) is 30.7 Å². The average Bonchev–Trinajstić information content (AvgIpc) is 2.79. The molecule has 1 atom stereocenters. The number of piperidine rings is 1. The summed E-state index contributed by atoms with van der Waals surface area (Å²) in [7, 11) is 0. The summed E-state index contributed by atoms with van der Waals surface area (Å²) in [6.07, 6.45) is 8.00. The monoisotopic (exact) mass is 417 g/mol. The highest BCUT2D eigenvalue weighted by Crippen LogP contribution is 2.28. The largest absolute Gasteiger partial charge is 0.397 e. The van der Waals surface area contributed by atoms with Crippen molar-refractivity contribution in [3.63, 3.8) is 0 Å². The van der Waals surface area contributed by atoms with Crippen LogP contribution in [0.4, 0.5) is 17.1 Å². The molecule has 0 aromatic carbocycles. The van der Waals surface area contributed by atoms with Crippen LogP contribution in [0.15, 0.2) is 48.9 Å². The van der Waals surface area contributed by atoms with Crippen molar-refractivity contribution >= 4 is 23.0 Å². The molecule has 8 heteroatoms. The van der Waals surface area contributed by atoms with Gasteiger partial charge in [0.25, 0.3) is 5.91 Å². The summed E-state index contributed by atoms with van der Waals surface area (Å²) in [6, 6.07) is 9.40. The Bertz CT molecular complexity index is 1090. The SMILES string of the molecule is CCc1ccnc(-c2ccc(N)c(C(=O)Nc3cnccc3N3CCCC(N)C3)n2)c1. The topological polar surface area (TPSA) is 123 Å². The molecule has 0 bridgehead atoms. The Kier molecular flexibility index (Phi) is 6.08. The lowest BCUT2D eigenvalue weighted by Crippen LogP contribution is -2.43. The minimum atomic E-state index is -0.387. The molecule has 1 unspecified atom stereocenters. The first-order chi connectivity index (χ1) is 15.0. The standard InChI is InChI=1S/C23H27N7O/c1-2-15-7-10-27-19(12-15)18-6-5-17(25)22(28-18)23(31)29-20-13-26-9-8-21(20)30-11-3-4-16(24)14-30/h5-10,12-13,16H,2-4,11,14,24-25H2,1H3,(H,29,31). The number of amides is 1. The van der Waals surface area contributed by atoms with Crippen molar-refractivity contribution in [1.82, 2.24) is 15.0 Å². The number of nitrogens with two attached hydrogens (primary N) is 2. The lowest BCUT2D eigenvalue weighted by atomic mass is 10.1. The van der Waals surface area contributed by atoms with Crippen LogP contribution < -0.4 is 21.7 Å². The third-order valence-electron chi connectivity index (χ3n) is 5.48. The molecule has 1 amide bonds. The van der Waals surface area contributed by atoms with Gasteiger partial charge in [0.05, 0.1) is 34.6 Å². The molecule has 5 N–H and O–H groups in total. The van der Waals surface area contributed by atoms with Gasteiger partial charge in [-0.2, -0.15) is 0 Å². The molecule has 4 heterocycles. The molecular formula is C23H27N7O. The average molecular weight is 418 g/mol. The summed E-state index contributed by atoms with van der Waals surface area (Å²) in [4.78, 5) is 28.4. The number of nitrogen functional groups attached to an aromatic ring is 1. The molecule has 1 aliphatic rings. The molecule has 0 aliphatic carbocycles. The number of carbonyl (C=O) groups is 1. The number of carbonyl (C=O) groups excluding carboxylic acids is 1. The molecule has 0 spiro atoms. The third kappa shape index (κ3) is 4.64. The molecule has 3 aromatic heterocycles. The normalized spacial score (nSPS) is 16.2. The third-order valence-corrected chi connectivity index (χ3v) is 5.48. The van der Waals surface area contributed by atoms with E-state index in [0.717, 1.165) is 43.6 Å². The van der Waals surface area contributed by atoms with E-state index in [1.165, 1.54) is 0 Å². The fourth-order valence-corrected chi connectivity index (χ4v) is 3.80. The van der Waals surface area contributed by atoms with Crippen LogP contribution in [0.1, 0.15) is 35.8 Å². The van der Waals surface area contributed by atoms with E-state index >= 15 is 0 Å². The van der Waals surface area contributed by atoms with Crippen molar-refractivity contribution in [1.29, 1.82) is 0 Å². The number of pyridine rings is 3. The lowest BCUT2D eigenvalue weighted by Gasteiger charge is -2.33. The Balaban J connectivity index is 1.61. The number of aryl methyl sites for hydroxylation is 1. The summed E-state index contributed by atoms with van der Waals surface area (Å²) >= 11 is 0. The van der Waals surface area contributed by atoms with Gasteiger partial charge in [-0.15, -0.1) is 0 Å². The number of hydrogen-bond acceptors (Lipinski definition) is 7. The maximum atomic E-state index is 13.1. The van der Waals surface area contributed by atoms with E-state index in [4.69, 9.17) is 11.5 Å². The highest BCUT2D eigenvalue weighted by Gasteiger charge is 2.21. The van der Waals surface area contributed by atoms with E-state index in [2.05, 4.69) is 32.1 Å². The Labute approximate surface area is 181 Å². The molecule has 8 nitrogen and oxygen atoms in total. The number of aromatic nitrogens is 3. The summed E-state index contributed by atoms with van der Waals surface area (Å²) in [5, 5.41) is 2.93. The predicted molar refractivity (Wildman–Crippen MR) is 123 cm³/mol. The molecule has 31 heavy (non-hydrogen) atoms. The number of nitrogens with zero attached hydrogens (tertiary/aromatic N) is 4. The van der Waals surface area contributed by atoms with Crippen LogP contribution >= 0.6 is 0 Å². The fourth-order valence-electron chi connectivity index (χ4n) is 3.80. The molecule has 160 valence electrons. The lowest BCUT2D eigenvalue weighted by molar-refractivity contribution is 0.102. The van der Waals surface area contributed by atoms with Crippen LogP contribution in [0.2, 0.25) is 0 Å². The van der Waals surface area contributed by atoms with Gasteiger partial charge >= 0.3 is 0 Å². The Morgan fingerprint density at radius 3 is 2.90 bits per heavy atom. The Morgan fingerprint density at radius 2 is 2.10 bits per heavy atom. The predicted octanol–water partition coefficient (Wildman–Crippen LogP) is 2.86. The minimum Gasteiger partial charge on any atom is -0.397 e. The second kappa shape index (κ2) is 9.09. The van der Waals surface area contributed by atoms with Crippen molar-refractivity contribution in [2.75, 3.05) is 29.0 Å². The quantitative estimate of drug-likeness (QED) is 0.583. The summed E-state index contributed by atoms with van der Waals surface area (Å²) in [6.45, 7) is 3.70. The van der Waals surface area contributed by atoms with Crippen LogP contribution in [0.25, 0.3) is 11.4 Å². The minimum absolute atomic E-state index is 0.117. The number of rotatable bonds is 5. The first-order valence-corrected chi connectivity index (χ1v) is 10.5. The second-order valence-corrected chi connectivity index (χ2v) is 7.73. The first kappa shape index (κ1) is 20.7. The van der Waals surface area contributed by atoms with Crippen molar-refractivity contribution in [2.24, 2.45) is 5.73 Å². The number of anilines is 3. The Morgan fingerprint density at radius 1 is 1.23 bits per heavy atom. The van der Waals surface area contributed by atoms with Crippen LogP contribution in [0.5, 0.6) is 0 Å². The molecule has 1 aliphatic heterocycles. The van der Waals surface area contributed by atoms with Crippen molar-refractivity contribution in [3.8, 4) is 11.4 Å². The first-order valence-electron chi connectivity index (χ1n) is 10.5. The van der Waals surface area contributed by atoms with Gasteiger partial charge in [-0.1, -0.05) is 6.92 Å². The van der Waals surface area contributed by atoms with Gasteiger partial charge in [-0.3, -0.25) is 14.8 Å². The summed E-state index contributed by atoms with van der Waals surface area (Å²) in [5.74, 6) is -0.387. The van der Waals surface area contributed by atoms with Crippen molar-refractivity contribution in [3.05, 3.63) is 60.2 Å². The van der Waals surface area contributed by atoms with Gasteiger partial charge in [0.2, 0.25) is 0 Å². The van der Waals surface area contributed by atoms with Crippen LogP contribution in [0.3, 0.4) is 0 Å². The molecule has 0 radical (unpaired) electrons. The molecule has 1 fully saturated rings. The Hall–Kier alpha value is -3.52. The smallest absolute Gasteiger partial charge is 0.276 e. The van der Waals surface area contributed by atoms with E-state index < -0.39 is 0 Å². The molecule has 1 saturated heterocycles. The number of hydrogen-bond donors (Lipinski definition) is 3. The van der Waals surface area contributed by atoms with E-state index in [1.807, 2.05) is 18.2 Å². The maximum Gasteiger partial charge on any atom is 0.276 e. The van der Waals surface area contributed by atoms with Crippen LogP contribution in [-0.2, 0) is 6.42 Å². The van der Waals surface area contributed by atoms with Crippen LogP contribution in [-0.4, -0.2) is 40.0 Å². The zero-order valence-electron chi connectivity index (χ0n) is 17.6. The van der Waals surface area contributed by atoms with Crippen molar-refractivity contribution in [2.45, 2.75) is 32.2 Å². The molecule has 3 aromatic rings. The van der Waals surface area contributed by atoms with Gasteiger partial charge in [-0.25, -0.2) is 4.98 Å². The highest BCUT2D eigenvalue weighted by atomic mass is 16.1. The number of nitrogens with one attached hydrogen (secondary N) is 1. The van der Waals surface area contributed by atoms with Crippen molar-refractivity contribution < 1.29 is 4.79 Å². The van der Waals surface area contributed by atoms with Gasteiger partial charge < -0.3 is 21.7 Å². The fraction of sp³-hybridized carbons (Fsp3) is 0.304. The van der Waals surface area contributed by atoms with Gasteiger partial charge in [0.15, 0.2) is 5.69 Å². The van der Waals surface area contributed by atoms with E-state index in [-0.39, 0.29) is 17.6 Å². The zero-order chi connectivity index (χ0) is 21.8. The molecule has 0 saturated carbocycles. The van der Waals surface area contributed by atoms with Gasteiger partial charge in [-0.05, 0) is 55.2 Å². The van der Waals surface area contributed by atoms with E-state index in [9.17, 15) is 4.79 Å². The van der Waals surface area contributed by atoms with Gasteiger partial charge in [0, 0.05) is 31.5 Å². The van der Waals surface area contributed by atoms with Gasteiger partial charge in [0.1, 0.15) is 0 Å². The summed E-state index contributed by atoms with van der Waals surface area (Å²) < 4.78 is 0. The maximum absolute atomic E-state index is 13.1. The molecular weight excluding hydrogens is 390 g/mol.